The lowest BCUT2D eigenvalue weighted by atomic mass is 9.33. The molecule has 0 radical (unpaired) electrons. The first-order valence-corrected chi connectivity index (χ1v) is 21.7. The van der Waals surface area contributed by atoms with Crippen LogP contribution < -0.4 is 0 Å². The zero-order valence-electron chi connectivity index (χ0n) is 35.6. The fraction of sp³-hybridized carbons (Fsp3) is 0.932. The number of carbonyl (C=O) groups is 1. The van der Waals surface area contributed by atoms with Gasteiger partial charge in [0, 0.05) is 5.41 Å². The van der Waals surface area contributed by atoms with E-state index in [-0.39, 0.29) is 45.7 Å². The van der Waals surface area contributed by atoms with Crippen LogP contribution in [0.3, 0.4) is 0 Å². The maximum atomic E-state index is 13.0. The molecule has 19 atom stereocenters. The minimum absolute atomic E-state index is 0.0166. The summed E-state index contributed by atoms with van der Waals surface area (Å²) in [4.78, 5) is 13.0. The van der Waals surface area contributed by atoms with Crippen molar-refractivity contribution in [3.05, 3.63) is 11.6 Å². The molecular formula is C44H72O13. The van der Waals surface area contributed by atoms with E-state index in [0.29, 0.717) is 18.3 Å². The molecule has 5 aliphatic carbocycles. The largest absolute Gasteiger partial charge is 0.464 e. The van der Waals surface area contributed by atoms with E-state index >= 15 is 0 Å². The van der Waals surface area contributed by atoms with Crippen LogP contribution >= 0.6 is 0 Å². The van der Waals surface area contributed by atoms with E-state index in [1.54, 1.807) is 12.5 Å². The van der Waals surface area contributed by atoms with E-state index in [2.05, 4.69) is 61.5 Å². The monoisotopic (exact) mass is 808 g/mol. The SMILES string of the molecule is CCOC(=O)[C@@H]1O[C@H](O[C@H]2CC[C@]3(C)[C@H]4CC=C5[C@@H]6CC(C)(C)C[C@H](O)[C@]6(C)CC[C@@]5(C)[C@]4(C)CC[C@H]3C2(C)C)[C@@H](O[C@H]2O[C@@H](CO)[C@H](O)[C@@H](O)[C@@H]2O)[C@H](O)[C@H]1O. The number of ether oxygens (including phenoxy) is 5. The van der Waals surface area contributed by atoms with Crippen molar-refractivity contribution in [2.45, 2.75) is 194 Å². The molecule has 7 rings (SSSR count). The molecule has 0 amide bonds. The van der Waals surface area contributed by atoms with Gasteiger partial charge in [-0.15, -0.1) is 0 Å². The standard InChI is InChI=1S/C44H72O13/c1-10-53-36(52)34-31(49)32(50)35(57-37-33(51)30(48)29(47)24(21-45)54-37)38(56-34)55-28-14-15-42(7)25(40(28,4)5)13-16-44(9)26(42)12-11-22-23-19-39(2,3)20-27(46)41(23,6)17-18-43(22,44)8/h11,23-35,37-38,45-51H,10,12-21H2,1-9H3/t23-,24-,25-,26+,27-,28-,29-,30+,31+,32+,33-,34+,35-,37+,38-,41+,42-,43+,44+/m0/s1. The lowest BCUT2D eigenvalue weighted by molar-refractivity contribution is -0.374. The molecule has 0 spiro atoms. The van der Waals surface area contributed by atoms with Gasteiger partial charge in [-0.05, 0) is 110 Å². The first-order chi connectivity index (χ1) is 26.5. The second-order valence-electron chi connectivity index (χ2n) is 21.4. The minimum atomic E-state index is -1.79. The van der Waals surface area contributed by atoms with Crippen molar-refractivity contribution in [1.82, 2.24) is 0 Å². The highest BCUT2D eigenvalue weighted by molar-refractivity contribution is 5.75. The topological polar surface area (TPSA) is 205 Å². The normalized spacial score (nSPS) is 53.0. The average molecular weight is 809 g/mol. The number of esters is 1. The van der Waals surface area contributed by atoms with Crippen LogP contribution in [0.1, 0.15) is 120 Å². The van der Waals surface area contributed by atoms with Gasteiger partial charge < -0.3 is 59.4 Å². The molecule has 2 aliphatic heterocycles. The van der Waals surface area contributed by atoms with Crippen molar-refractivity contribution in [3.8, 4) is 0 Å². The quantitative estimate of drug-likeness (QED) is 0.112. The third-order valence-electron chi connectivity index (χ3n) is 17.6. The van der Waals surface area contributed by atoms with Crippen LogP contribution in [0, 0.1) is 50.2 Å². The van der Waals surface area contributed by atoms with Crippen molar-refractivity contribution in [3.63, 3.8) is 0 Å². The van der Waals surface area contributed by atoms with E-state index < -0.39 is 85.5 Å². The van der Waals surface area contributed by atoms with Crippen LogP contribution in [0.2, 0.25) is 0 Å². The van der Waals surface area contributed by atoms with E-state index in [1.807, 2.05) is 0 Å². The van der Waals surface area contributed by atoms with Crippen LogP contribution in [0.4, 0.5) is 0 Å². The Kier molecular flexibility index (Phi) is 11.5. The van der Waals surface area contributed by atoms with Crippen molar-refractivity contribution < 1.29 is 64.2 Å². The Morgan fingerprint density at radius 2 is 1.46 bits per heavy atom. The summed E-state index contributed by atoms with van der Waals surface area (Å²) in [6.45, 7) is 19.9. The number of fused-ring (bicyclic) bond motifs is 7. The molecule has 2 heterocycles. The third-order valence-corrected chi connectivity index (χ3v) is 17.6. The van der Waals surface area contributed by atoms with Gasteiger partial charge >= 0.3 is 5.97 Å². The fourth-order valence-electron chi connectivity index (χ4n) is 13.9. The second kappa shape index (κ2) is 15.0. The summed E-state index contributed by atoms with van der Waals surface area (Å²) in [6.07, 6.45) is -5.72. The van der Waals surface area contributed by atoms with Gasteiger partial charge in [-0.1, -0.05) is 67.0 Å². The maximum Gasteiger partial charge on any atom is 0.338 e. The summed E-state index contributed by atoms with van der Waals surface area (Å²) in [5.74, 6) is 0.148. The summed E-state index contributed by atoms with van der Waals surface area (Å²) in [7, 11) is 0. The predicted octanol–water partition coefficient (Wildman–Crippen LogP) is 3.36. The van der Waals surface area contributed by atoms with E-state index in [9.17, 15) is 40.5 Å². The van der Waals surface area contributed by atoms with Gasteiger partial charge in [-0.25, -0.2) is 4.79 Å². The molecular weight excluding hydrogens is 736 g/mol. The summed E-state index contributed by atoms with van der Waals surface area (Å²) in [5, 5.41) is 75.6. The van der Waals surface area contributed by atoms with Crippen LogP contribution in [0.15, 0.2) is 11.6 Å². The van der Waals surface area contributed by atoms with Crippen LogP contribution in [-0.2, 0) is 28.5 Å². The molecule has 7 aliphatic rings. The van der Waals surface area contributed by atoms with E-state index in [1.165, 1.54) is 0 Å². The van der Waals surface area contributed by atoms with Crippen LogP contribution in [-0.4, -0.2) is 129 Å². The highest BCUT2D eigenvalue weighted by atomic mass is 16.8. The first-order valence-electron chi connectivity index (χ1n) is 21.7. The molecule has 0 aromatic rings. The number of aliphatic hydroxyl groups excluding tert-OH is 7. The molecule has 7 N–H and O–H groups in total. The Morgan fingerprint density at radius 1 is 0.754 bits per heavy atom. The number of rotatable bonds is 7. The average Bonchev–Trinajstić information content (AvgIpc) is 3.13. The molecule has 0 bridgehead atoms. The Hall–Kier alpha value is -1.23. The molecule has 57 heavy (non-hydrogen) atoms. The zero-order chi connectivity index (χ0) is 41.8. The van der Waals surface area contributed by atoms with Crippen molar-refractivity contribution in [2.75, 3.05) is 13.2 Å². The Morgan fingerprint density at radius 3 is 2.12 bits per heavy atom. The third kappa shape index (κ3) is 6.71. The summed E-state index contributed by atoms with van der Waals surface area (Å²) < 4.78 is 29.8. The Balaban J connectivity index is 1.16. The fourth-order valence-corrected chi connectivity index (χ4v) is 13.9. The first kappa shape index (κ1) is 43.8. The number of carbonyl (C=O) groups excluding carboxylic acids is 1. The van der Waals surface area contributed by atoms with E-state index in [0.717, 1.165) is 51.4 Å². The number of hydrogen-bond acceptors (Lipinski definition) is 13. The highest BCUT2D eigenvalue weighted by Gasteiger charge is 2.69. The molecule has 326 valence electrons. The molecule has 0 aromatic carbocycles. The molecule has 13 heteroatoms. The molecule has 6 fully saturated rings. The molecule has 0 unspecified atom stereocenters. The van der Waals surface area contributed by atoms with Gasteiger partial charge in [0.25, 0.3) is 0 Å². The Bertz CT molecular complexity index is 1530. The number of hydrogen-bond donors (Lipinski definition) is 7. The number of aliphatic hydroxyl groups is 7. The Labute approximate surface area is 338 Å². The van der Waals surface area contributed by atoms with Gasteiger partial charge in [0.15, 0.2) is 18.7 Å². The molecule has 0 aromatic heterocycles. The van der Waals surface area contributed by atoms with Gasteiger partial charge in [0.05, 0.1) is 25.4 Å². The van der Waals surface area contributed by atoms with Gasteiger partial charge in [0.1, 0.15) is 42.7 Å². The van der Waals surface area contributed by atoms with Crippen LogP contribution in [0.25, 0.3) is 0 Å². The van der Waals surface area contributed by atoms with E-state index in [4.69, 9.17) is 23.7 Å². The second-order valence-corrected chi connectivity index (χ2v) is 21.4. The molecule has 2 saturated heterocycles. The predicted molar refractivity (Wildman–Crippen MR) is 207 cm³/mol. The smallest absolute Gasteiger partial charge is 0.338 e. The van der Waals surface area contributed by atoms with Crippen LogP contribution in [0.5, 0.6) is 0 Å². The van der Waals surface area contributed by atoms with Gasteiger partial charge in [-0.2, -0.15) is 0 Å². The maximum absolute atomic E-state index is 13.0. The summed E-state index contributed by atoms with van der Waals surface area (Å²) >= 11 is 0. The van der Waals surface area contributed by atoms with Gasteiger partial charge in [0.2, 0.25) is 0 Å². The summed E-state index contributed by atoms with van der Waals surface area (Å²) in [6, 6.07) is 0. The zero-order valence-corrected chi connectivity index (χ0v) is 35.6. The lowest BCUT2D eigenvalue weighted by Crippen LogP contribution is -2.67. The minimum Gasteiger partial charge on any atom is -0.464 e. The van der Waals surface area contributed by atoms with Crippen molar-refractivity contribution in [2.24, 2.45) is 50.2 Å². The van der Waals surface area contributed by atoms with Crippen molar-refractivity contribution in [1.29, 1.82) is 0 Å². The summed E-state index contributed by atoms with van der Waals surface area (Å²) in [5.41, 5.74) is 1.18. The molecule has 4 saturated carbocycles. The lowest BCUT2D eigenvalue weighted by Gasteiger charge is -2.71. The molecule has 13 nitrogen and oxygen atoms in total. The van der Waals surface area contributed by atoms with Gasteiger partial charge in [-0.3, -0.25) is 0 Å². The number of allylic oxidation sites excluding steroid dienone is 2. The van der Waals surface area contributed by atoms with Crippen molar-refractivity contribution >= 4 is 5.97 Å². The highest BCUT2D eigenvalue weighted by Crippen LogP contribution is 2.76.